The van der Waals surface area contributed by atoms with E-state index in [0.717, 1.165) is 39.0 Å². The summed E-state index contributed by atoms with van der Waals surface area (Å²) in [6.45, 7) is 7.20. The Kier molecular flexibility index (Phi) is 4.61. The van der Waals surface area contributed by atoms with E-state index in [1.807, 2.05) is 4.90 Å². The van der Waals surface area contributed by atoms with Crippen LogP contribution in [0.4, 0.5) is 10.3 Å². The van der Waals surface area contributed by atoms with Crippen LogP contribution in [0.5, 0.6) is 0 Å². The zero-order valence-corrected chi connectivity index (χ0v) is 17.3. The zero-order chi connectivity index (χ0) is 20.9. The summed E-state index contributed by atoms with van der Waals surface area (Å²) in [6.07, 6.45) is 6.09. The van der Waals surface area contributed by atoms with E-state index >= 15 is 0 Å². The molecular weight excluding hydrogens is 383 g/mol. The van der Waals surface area contributed by atoms with Crippen LogP contribution in [-0.2, 0) is 0 Å². The van der Waals surface area contributed by atoms with Gasteiger partial charge in [-0.1, -0.05) is 13.0 Å². The third kappa shape index (κ3) is 3.10. The second kappa shape index (κ2) is 7.19. The van der Waals surface area contributed by atoms with Crippen molar-refractivity contribution in [1.29, 1.82) is 0 Å². The average molecular weight is 410 g/mol. The lowest BCUT2D eigenvalue weighted by Crippen LogP contribution is -2.44. The number of fused-ring (bicyclic) bond motifs is 3. The number of amides is 1. The highest BCUT2D eigenvalue weighted by atomic mass is 19.1. The summed E-state index contributed by atoms with van der Waals surface area (Å²) in [7, 11) is 0. The third-order valence-electron chi connectivity index (χ3n) is 6.79. The van der Waals surface area contributed by atoms with Crippen LogP contribution in [-0.4, -0.2) is 62.8 Å². The van der Waals surface area contributed by atoms with Crippen molar-refractivity contribution in [2.24, 2.45) is 5.41 Å². The number of carbonyl (C=O) groups is 1. The SMILES string of the molecule is CCCN1CCC2(CCN(C(=O)c3cn4c(N)nc5c(F)cccc5c4n3)CC2)C1. The van der Waals surface area contributed by atoms with Crippen molar-refractivity contribution in [2.45, 2.75) is 32.6 Å². The van der Waals surface area contributed by atoms with Gasteiger partial charge in [-0.25, -0.2) is 14.4 Å². The molecule has 0 unspecified atom stereocenters. The van der Waals surface area contributed by atoms with E-state index in [1.54, 1.807) is 22.7 Å². The van der Waals surface area contributed by atoms with E-state index in [2.05, 4.69) is 21.8 Å². The maximum Gasteiger partial charge on any atom is 0.274 e. The molecule has 0 radical (unpaired) electrons. The molecule has 7 nitrogen and oxygen atoms in total. The number of halogens is 1. The van der Waals surface area contributed by atoms with Gasteiger partial charge in [0.15, 0.2) is 0 Å². The Morgan fingerprint density at radius 2 is 1.97 bits per heavy atom. The number of hydrogen-bond donors (Lipinski definition) is 1. The lowest BCUT2D eigenvalue weighted by atomic mass is 9.77. The summed E-state index contributed by atoms with van der Waals surface area (Å²) in [5.41, 5.74) is 7.33. The molecule has 1 amide bonds. The van der Waals surface area contributed by atoms with Crippen molar-refractivity contribution in [3.8, 4) is 0 Å². The van der Waals surface area contributed by atoms with Gasteiger partial charge in [0, 0.05) is 31.2 Å². The van der Waals surface area contributed by atoms with Crippen molar-refractivity contribution in [3.63, 3.8) is 0 Å². The Bertz CT molecular complexity index is 1120. The molecule has 2 aliphatic heterocycles. The maximum absolute atomic E-state index is 14.1. The minimum Gasteiger partial charge on any atom is -0.369 e. The van der Waals surface area contributed by atoms with Crippen LogP contribution in [0.25, 0.3) is 16.6 Å². The molecule has 158 valence electrons. The number of rotatable bonds is 3. The van der Waals surface area contributed by atoms with Crippen LogP contribution in [0.2, 0.25) is 0 Å². The van der Waals surface area contributed by atoms with Crippen LogP contribution in [0, 0.1) is 11.2 Å². The van der Waals surface area contributed by atoms with E-state index in [-0.39, 0.29) is 17.4 Å². The highest BCUT2D eigenvalue weighted by Crippen LogP contribution is 2.40. The van der Waals surface area contributed by atoms with E-state index in [1.165, 1.54) is 25.5 Å². The second-order valence-electron chi connectivity index (χ2n) is 8.74. The highest BCUT2D eigenvalue weighted by Gasteiger charge is 2.41. The highest BCUT2D eigenvalue weighted by molar-refractivity contribution is 5.97. The number of benzene rings is 1. The zero-order valence-electron chi connectivity index (χ0n) is 17.3. The monoisotopic (exact) mass is 410 g/mol. The Morgan fingerprint density at radius 1 is 1.20 bits per heavy atom. The lowest BCUT2D eigenvalue weighted by Gasteiger charge is -2.39. The number of imidazole rings is 1. The van der Waals surface area contributed by atoms with Crippen LogP contribution < -0.4 is 5.73 Å². The van der Waals surface area contributed by atoms with E-state index < -0.39 is 5.82 Å². The molecule has 2 aliphatic rings. The molecule has 2 fully saturated rings. The van der Waals surface area contributed by atoms with Gasteiger partial charge in [-0.3, -0.25) is 9.20 Å². The number of nitrogen functional groups attached to an aromatic ring is 1. The molecule has 0 aliphatic carbocycles. The number of likely N-dealkylation sites (tertiary alicyclic amines) is 2. The predicted octanol–water partition coefficient (Wildman–Crippen LogP) is 2.94. The fourth-order valence-corrected chi connectivity index (χ4v) is 5.11. The Balaban J connectivity index is 1.38. The fraction of sp³-hybridized carbons (Fsp3) is 0.500. The molecule has 3 aromatic rings. The molecule has 4 heterocycles. The quantitative estimate of drug-likeness (QED) is 0.718. The molecule has 0 atom stereocenters. The number of nitrogens with two attached hydrogens (primary N) is 1. The summed E-state index contributed by atoms with van der Waals surface area (Å²) in [6, 6.07) is 4.70. The lowest BCUT2D eigenvalue weighted by molar-refractivity contribution is 0.0584. The van der Waals surface area contributed by atoms with Crippen molar-refractivity contribution < 1.29 is 9.18 Å². The fourth-order valence-electron chi connectivity index (χ4n) is 5.11. The largest absolute Gasteiger partial charge is 0.369 e. The van der Waals surface area contributed by atoms with Gasteiger partial charge in [0.05, 0.1) is 0 Å². The number of piperidine rings is 1. The Morgan fingerprint density at radius 3 is 2.73 bits per heavy atom. The average Bonchev–Trinajstić information content (AvgIpc) is 3.35. The van der Waals surface area contributed by atoms with Crippen molar-refractivity contribution >= 4 is 28.4 Å². The number of nitrogens with zero attached hydrogens (tertiary/aromatic N) is 5. The summed E-state index contributed by atoms with van der Waals surface area (Å²) < 4.78 is 15.7. The van der Waals surface area contributed by atoms with Crippen molar-refractivity contribution in [1.82, 2.24) is 24.2 Å². The summed E-state index contributed by atoms with van der Waals surface area (Å²) >= 11 is 0. The molecule has 2 aromatic heterocycles. The maximum atomic E-state index is 14.1. The molecule has 2 N–H and O–H groups in total. The van der Waals surface area contributed by atoms with Gasteiger partial charge in [-0.2, -0.15) is 0 Å². The molecular formula is C22H27FN6O. The van der Waals surface area contributed by atoms with Crippen LogP contribution in [0.1, 0.15) is 43.1 Å². The summed E-state index contributed by atoms with van der Waals surface area (Å²) in [5, 5.41) is 0.544. The Hall–Kier alpha value is -2.74. The van der Waals surface area contributed by atoms with Gasteiger partial charge in [0.2, 0.25) is 5.95 Å². The standard InChI is InChI=1S/C22H27FN6O/c1-2-9-27-10-6-22(14-27)7-11-28(12-8-22)20(30)17-13-29-19(25-17)15-4-3-5-16(23)18(15)26-21(29)24/h3-5,13H,2,6-12,14H2,1H3,(H2,24,26). The van der Waals surface area contributed by atoms with Crippen molar-refractivity contribution in [3.05, 3.63) is 35.9 Å². The summed E-state index contributed by atoms with van der Waals surface area (Å²) in [4.78, 5) is 26.3. The first-order valence-electron chi connectivity index (χ1n) is 10.7. The van der Waals surface area contributed by atoms with Crippen molar-refractivity contribution in [2.75, 3.05) is 38.5 Å². The van der Waals surface area contributed by atoms with Gasteiger partial charge < -0.3 is 15.5 Å². The number of anilines is 1. The van der Waals surface area contributed by atoms with Gasteiger partial charge in [-0.15, -0.1) is 0 Å². The number of aromatic nitrogens is 3. The molecule has 30 heavy (non-hydrogen) atoms. The van der Waals surface area contributed by atoms with Crippen LogP contribution >= 0.6 is 0 Å². The molecule has 8 heteroatoms. The predicted molar refractivity (Wildman–Crippen MR) is 114 cm³/mol. The number of para-hydroxylation sites is 1. The third-order valence-corrected chi connectivity index (χ3v) is 6.79. The molecule has 5 rings (SSSR count). The first-order chi connectivity index (χ1) is 14.5. The first-order valence-corrected chi connectivity index (χ1v) is 10.7. The number of carbonyl (C=O) groups excluding carboxylic acids is 1. The van der Waals surface area contributed by atoms with E-state index in [0.29, 0.717) is 22.1 Å². The number of hydrogen-bond acceptors (Lipinski definition) is 5. The molecule has 0 saturated carbocycles. The smallest absolute Gasteiger partial charge is 0.274 e. The van der Waals surface area contributed by atoms with Gasteiger partial charge >= 0.3 is 0 Å². The Labute approximate surface area is 174 Å². The van der Waals surface area contributed by atoms with Gasteiger partial charge in [0.1, 0.15) is 22.7 Å². The van der Waals surface area contributed by atoms with E-state index in [4.69, 9.17) is 5.73 Å². The van der Waals surface area contributed by atoms with Gasteiger partial charge in [-0.05, 0) is 56.3 Å². The molecule has 1 spiro atoms. The minimum absolute atomic E-state index is 0.0964. The molecule has 0 bridgehead atoms. The van der Waals surface area contributed by atoms with E-state index in [9.17, 15) is 9.18 Å². The van der Waals surface area contributed by atoms with Gasteiger partial charge in [0.25, 0.3) is 5.91 Å². The normalized spacial score (nSPS) is 19.3. The first kappa shape index (κ1) is 19.2. The van der Waals surface area contributed by atoms with Crippen LogP contribution in [0.15, 0.2) is 24.4 Å². The molecule has 2 saturated heterocycles. The molecule has 1 aromatic carbocycles. The topological polar surface area (TPSA) is 79.8 Å². The second-order valence-corrected chi connectivity index (χ2v) is 8.74. The minimum atomic E-state index is -0.451. The van der Waals surface area contributed by atoms with Crippen LogP contribution in [0.3, 0.4) is 0 Å². The summed E-state index contributed by atoms with van der Waals surface area (Å²) in [5.74, 6) is -0.429.